The molecule has 3 fully saturated rings. The molecular formula is C14H25ClN2O2. The minimum Gasteiger partial charge on any atom is -0.373 e. The van der Waals surface area contributed by atoms with Crippen molar-refractivity contribution in [1.82, 2.24) is 10.6 Å². The predicted octanol–water partition coefficient (Wildman–Crippen LogP) is 1.62. The van der Waals surface area contributed by atoms with Gasteiger partial charge in [-0.2, -0.15) is 0 Å². The third-order valence-corrected chi connectivity index (χ3v) is 4.69. The number of fused-ring (bicyclic) bond motifs is 2. The second-order valence-corrected chi connectivity index (χ2v) is 6.02. The molecular weight excluding hydrogens is 264 g/mol. The van der Waals surface area contributed by atoms with E-state index in [-0.39, 0.29) is 18.3 Å². The fourth-order valence-corrected chi connectivity index (χ4v) is 3.57. The van der Waals surface area contributed by atoms with E-state index in [0.29, 0.717) is 24.7 Å². The van der Waals surface area contributed by atoms with Gasteiger partial charge in [0.2, 0.25) is 5.91 Å². The van der Waals surface area contributed by atoms with Crippen molar-refractivity contribution >= 4 is 18.3 Å². The minimum atomic E-state index is 0. The van der Waals surface area contributed by atoms with Gasteiger partial charge < -0.3 is 15.4 Å². The van der Waals surface area contributed by atoms with Crippen LogP contribution in [0.25, 0.3) is 0 Å². The van der Waals surface area contributed by atoms with Crippen molar-refractivity contribution < 1.29 is 9.53 Å². The molecule has 5 heteroatoms. The monoisotopic (exact) mass is 288 g/mol. The quantitative estimate of drug-likeness (QED) is 0.827. The second kappa shape index (κ2) is 6.91. The van der Waals surface area contributed by atoms with Gasteiger partial charge in [-0.25, -0.2) is 0 Å². The first-order chi connectivity index (χ1) is 8.81. The van der Waals surface area contributed by atoms with Crippen LogP contribution in [0.5, 0.6) is 0 Å². The third-order valence-electron chi connectivity index (χ3n) is 4.69. The Morgan fingerprint density at radius 2 is 2.00 bits per heavy atom. The van der Waals surface area contributed by atoms with E-state index < -0.39 is 0 Å². The van der Waals surface area contributed by atoms with Gasteiger partial charge in [-0.05, 0) is 57.5 Å². The highest BCUT2D eigenvalue weighted by Gasteiger charge is 2.41. The molecule has 2 bridgehead atoms. The Morgan fingerprint density at radius 3 is 2.63 bits per heavy atom. The molecule has 3 saturated heterocycles. The van der Waals surface area contributed by atoms with Crippen LogP contribution in [0.15, 0.2) is 0 Å². The average molecular weight is 289 g/mol. The van der Waals surface area contributed by atoms with Crippen molar-refractivity contribution in [3.63, 3.8) is 0 Å². The molecule has 0 aromatic heterocycles. The Morgan fingerprint density at radius 1 is 1.21 bits per heavy atom. The smallest absolute Gasteiger partial charge is 0.220 e. The number of ether oxygens (including phenoxy) is 1. The largest absolute Gasteiger partial charge is 0.373 e. The van der Waals surface area contributed by atoms with Crippen LogP contribution in [0.1, 0.15) is 44.9 Å². The summed E-state index contributed by atoms with van der Waals surface area (Å²) in [4.78, 5) is 11.9. The van der Waals surface area contributed by atoms with Crippen LogP contribution in [-0.2, 0) is 9.53 Å². The lowest BCUT2D eigenvalue weighted by molar-refractivity contribution is -0.122. The van der Waals surface area contributed by atoms with E-state index in [1.807, 2.05) is 0 Å². The lowest BCUT2D eigenvalue weighted by Gasteiger charge is -2.23. The topological polar surface area (TPSA) is 50.4 Å². The summed E-state index contributed by atoms with van der Waals surface area (Å²) in [5.74, 6) is 0.975. The molecule has 0 spiro atoms. The maximum absolute atomic E-state index is 11.9. The highest BCUT2D eigenvalue weighted by atomic mass is 35.5. The normalized spacial score (nSPS) is 34.0. The number of nitrogens with one attached hydrogen (secondary N) is 2. The van der Waals surface area contributed by atoms with Crippen LogP contribution in [0.2, 0.25) is 0 Å². The molecule has 3 aliphatic rings. The second-order valence-electron chi connectivity index (χ2n) is 6.02. The van der Waals surface area contributed by atoms with Crippen molar-refractivity contribution in [3.05, 3.63) is 0 Å². The zero-order valence-corrected chi connectivity index (χ0v) is 12.2. The molecule has 3 atom stereocenters. The van der Waals surface area contributed by atoms with Gasteiger partial charge in [0.25, 0.3) is 0 Å². The summed E-state index contributed by atoms with van der Waals surface area (Å²) in [6.45, 7) is 2.24. The lowest BCUT2D eigenvalue weighted by Crippen LogP contribution is -2.41. The van der Waals surface area contributed by atoms with Gasteiger partial charge in [0.15, 0.2) is 0 Å². The van der Waals surface area contributed by atoms with E-state index in [2.05, 4.69) is 10.6 Å². The van der Waals surface area contributed by atoms with E-state index in [9.17, 15) is 4.79 Å². The average Bonchev–Trinajstić information content (AvgIpc) is 3.00. The van der Waals surface area contributed by atoms with Gasteiger partial charge in [-0.3, -0.25) is 4.79 Å². The summed E-state index contributed by atoms with van der Waals surface area (Å²) in [6, 6.07) is 0.296. The SMILES string of the molecule is Cl.O=C(CCC1CCNCC1)N[C@@H]1C[C@H]2CC[C@@H]1O2. The predicted molar refractivity (Wildman–Crippen MR) is 76.5 cm³/mol. The molecule has 110 valence electrons. The number of amides is 1. The van der Waals surface area contributed by atoms with Gasteiger partial charge in [0.1, 0.15) is 0 Å². The molecule has 3 aliphatic heterocycles. The van der Waals surface area contributed by atoms with E-state index in [0.717, 1.165) is 38.3 Å². The standard InChI is InChI=1S/C14H24N2O2.ClH/c17-14(4-1-10-5-7-15-8-6-10)16-12-9-11-2-3-13(12)18-11;/h10-13,15H,1-9H2,(H,16,17);1H/t11-,12-,13+;/m1./s1. The number of piperidine rings is 1. The molecule has 0 aliphatic carbocycles. The van der Waals surface area contributed by atoms with E-state index >= 15 is 0 Å². The number of hydrogen-bond donors (Lipinski definition) is 2. The fraction of sp³-hybridized carbons (Fsp3) is 0.929. The van der Waals surface area contributed by atoms with Gasteiger partial charge in [-0.15, -0.1) is 12.4 Å². The maximum Gasteiger partial charge on any atom is 0.220 e. The van der Waals surface area contributed by atoms with Gasteiger partial charge in [0, 0.05) is 6.42 Å². The highest BCUT2D eigenvalue weighted by molar-refractivity contribution is 5.85. The lowest BCUT2D eigenvalue weighted by atomic mass is 9.92. The molecule has 1 amide bonds. The Bertz CT molecular complexity index is 308. The van der Waals surface area contributed by atoms with Gasteiger partial charge in [-0.1, -0.05) is 0 Å². The molecule has 4 nitrogen and oxygen atoms in total. The highest BCUT2D eigenvalue weighted by Crippen LogP contribution is 2.34. The molecule has 3 rings (SSSR count). The van der Waals surface area contributed by atoms with Crippen molar-refractivity contribution in [2.75, 3.05) is 13.1 Å². The van der Waals surface area contributed by atoms with Crippen LogP contribution in [0.4, 0.5) is 0 Å². The number of rotatable bonds is 4. The van der Waals surface area contributed by atoms with Crippen LogP contribution < -0.4 is 10.6 Å². The molecule has 0 saturated carbocycles. The summed E-state index contributed by atoms with van der Waals surface area (Å²) in [7, 11) is 0. The molecule has 3 heterocycles. The van der Waals surface area contributed by atoms with Crippen LogP contribution in [0.3, 0.4) is 0 Å². The van der Waals surface area contributed by atoms with Crippen LogP contribution in [-0.4, -0.2) is 37.2 Å². The Kier molecular flexibility index (Phi) is 5.48. The first-order valence-electron chi connectivity index (χ1n) is 7.47. The maximum atomic E-state index is 11.9. The summed E-state index contributed by atoms with van der Waals surface area (Å²) in [5.41, 5.74) is 0. The first kappa shape index (κ1) is 15.1. The number of halogens is 1. The van der Waals surface area contributed by atoms with Crippen molar-refractivity contribution in [3.8, 4) is 0 Å². The van der Waals surface area contributed by atoms with Crippen molar-refractivity contribution in [2.45, 2.75) is 63.2 Å². The van der Waals surface area contributed by atoms with Crippen LogP contribution >= 0.6 is 12.4 Å². The van der Waals surface area contributed by atoms with Crippen molar-refractivity contribution in [1.29, 1.82) is 0 Å². The third kappa shape index (κ3) is 3.83. The van der Waals surface area contributed by atoms with E-state index in [4.69, 9.17) is 4.74 Å². The van der Waals surface area contributed by atoms with Crippen molar-refractivity contribution in [2.24, 2.45) is 5.92 Å². The summed E-state index contributed by atoms with van der Waals surface area (Å²) in [6.07, 6.45) is 8.27. The molecule has 19 heavy (non-hydrogen) atoms. The molecule has 0 radical (unpaired) electrons. The molecule has 0 aromatic carbocycles. The van der Waals surface area contributed by atoms with Gasteiger partial charge in [0.05, 0.1) is 18.2 Å². The number of carbonyl (C=O) groups excluding carboxylic acids is 1. The zero-order valence-electron chi connectivity index (χ0n) is 11.4. The fourth-order valence-electron chi connectivity index (χ4n) is 3.57. The van der Waals surface area contributed by atoms with Gasteiger partial charge >= 0.3 is 0 Å². The molecule has 0 unspecified atom stereocenters. The minimum absolute atomic E-state index is 0. The Labute approximate surface area is 121 Å². The Hall–Kier alpha value is -0.320. The number of carbonyl (C=O) groups is 1. The molecule has 0 aromatic rings. The zero-order chi connectivity index (χ0) is 12.4. The Balaban J connectivity index is 0.00000133. The van der Waals surface area contributed by atoms with E-state index in [1.54, 1.807) is 0 Å². The summed E-state index contributed by atoms with van der Waals surface area (Å²) in [5, 5.41) is 6.53. The summed E-state index contributed by atoms with van der Waals surface area (Å²) < 4.78 is 5.76. The summed E-state index contributed by atoms with van der Waals surface area (Å²) >= 11 is 0. The molecule has 2 N–H and O–H groups in total. The first-order valence-corrected chi connectivity index (χ1v) is 7.47. The number of hydrogen-bond acceptors (Lipinski definition) is 3. The van der Waals surface area contributed by atoms with Crippen LogP contribution in [0, 0.1) is 5.92 Å². The van der Waals surface area contributed by atoms with E-state index in [1.165, 1.54) is 19.3 Å².